The first kappa shape index (κ1) is 27.4. The maximum absolute atomic E-state index is 12.2. The summed E-state index contributed by atoms with van der Waals surface area (Å²) in [6.45, 7) is 12.8. The molecule has 0 aromatic heterocycles. The van der Waals surface area contributed by atoms with Gasteiger partial charge in [-0.1, -0.05) is 32.4 Å². The molecule has 202 valence electrons. The molecule has 0 amide bonds. The lowest BCUT2D eigenvalue weighted by Gasteiger charge is -2.64. The van der Waals surface area contributed by atoms with Gasteiger partial charge in [0.05, 0.1) is 12.2 Å². The number of fused-ring (bicyclic) bond motifs is 5. The van der Waals surface area contributed by atoms with Gasteiger partial charge in [0.15, 0.2) is 0 Å². The lowest BCUT2D eigenvalue weighted by atomic mass is 9.42. The van der Waals surface area contributed by atoms with Gasteiger partial charge < -0.3 is 19.7 Å². The summed E-state index contributed by atoms with van der Waals surface area (Å²) in [7, 11) is 0. The summed E-state index contributed by atoms with van der Waals surface area (Å²) in [5, 5.41) is 22.4. The van der Waals surface area contributed by atoms with Gasteiger partial charge >= 0.3 is 5.97 Å². The number of ether oxygens (including phenoxy) is 2. The highest BCUT2D eigenvalue weighted by atomic mass is 16.5. The summed E-state index contributed by atoms with van der Waals surface area (Å²) >= 11 is 0. The van der Waals surface area contributed by atoms with Gasteiger partial charge in [0.1, 0.15) is 11.9 Å². The predicted molar refractivity (Wildman–Crippen MR) is 137 cm³/mol. The van der Waals surface area contributed by atoms with Crippen LogP contribution in [0.2, 0.25) is 0 Å². The highest BCUT2D eigenvalue weighted by Crippen LogP contribution is 2.69. The van der Waals surface area contributed by atoms with E-state index >= 15 is 0 Å². The normalized spacial score (nSPS) is 45.0. The number of allylic oxidation sites excluding steroid dienone is 3. The molecular formula is C30H46O6. The molecule has 0 spiro atoms. The van der Waals surface area contributed by atoms with E-state index in [-0.39, 0.29) is 46.6 Å². The molecule has 4 saturated carbocycles. The fourth-order valence-electron chi connectivity index (χ4n) is 9.15. The van der Waals surface area contributed by atoms with Gasteiger partial charge in [-0.2, -0.15) is 0 Å². The number of rotatable bonds is 6. The summed E-state index contributed by atoms with van der Waals surface area (Å²) in [5.74, 6) is 1.31. The standard InChI is InChI=1S/C30H46O6/c1-17(2)8-7-9-25(35-16-31)27-22-14-24(34)28-21(30(22,6)15-26(27)36-19(4)32)11-10-20-18(3)23(33)12-13-29(20,28)5/h8,16,18,20-24,26,28,33-34H,7,9-15H2,1-6H3/b27-25+/t18-,20-,21?,22-,23+,24+,26?,28?,29-,30+/m0/s1. The van der Waals surface area contributed by atoms with Crippen molar-refractivity contribution in [2.75, 3.05) is 0 Å². The average Bonchev–Trinajstić information content (AvgIpc) is 3.06. The second kappa shape index (κ2) is 10.2. The van der Waals surface area contributed by atoms with E-state index in [4.69, 9.17) is 9.47 Å². The molecule has 6 nitrogen and oxygen atoms in total. The third-order valence-electron chi connectivity index (χ3n) is 10.7. The van der Waals surface area contributed by atoms with Crippen LogP contribution in [0, 0.1) is 40.4 Å². The van der Waals surface area contributed by atoms with E-state index in [0.717, 1.165) is 37.7 Å². The minimum atomic E-state index is -0.482. The zero-order valence-electron chi connectivity index (χ0n) is 23.0. The quantitative estimate of drug-likeness (QED) is 0.221. The molecule has 6 heteroatoms. The smallest absolute Gasteiger partial charge is 0.303 e. The van der Waals surface area contributed by atoms with Crippen molar-refractivity contribution in [3.63, 3.8) is 0 Å². The molecule has 0 saturated heterocycles. The van der Waals surface area contributed by atoms with Crippen molar-refractivity contribution in [2.24, 2.45) is 40.4 Å². The monoisotopic (exact) mass is 502 g/mol. The molecule has 10 atom stereocenters. The van der Waals surface area contributed by atoms with Crippen LogP contribution in [0.5, 0.6) is 0 Å². The largest absolute Gasteiger partial charge is 0.458 e. The molecule has 0 bridgehead atoms. The Balaban J connectivity index is 1.75. The first-order valence-electron chi connectivity index (χ1n) is 13.9. The summed E-state index contributed by atoms with van der Waals surface area (Å²) in [5.41, 5.74) is 1.91. The average molecular weight is 503 g/mol. The van der Waals surface area contributed by atoms with Crippen molar-refractivity contribution >= 4 is 12.4 Å². The second-order valence-corrected chi connectivity index (χ2v) is 12.9. The lowest BCUT2D eigenvalue weighted by Crippen LogP contribution is -2.61. The molecule has 0 heterocycles. The van der Waals surface area contributed by atoms with Crippen LogP contribution >= 0.6 is 0 Å². The fourth-order valence-corrected chi connectivity index (χ4v) is 9.15. The first-order valence-corrected chi connectivity index (χ1v) is 13.9. The van der Waals surface area contributed by atoms with Crippen LogP contribution in [0.15, 0.2) is 23.0 Å². The summed E-state index contributed by atoms with van der Waals surface area (Å²) < 4.78 is 11.5. The highest BCUT2D eigenvalue weighted by Gasteiger charge is 2.66. The van der Waals surface area contributed by atoms with Crippen LogP contribution < -0.4 is 0 Å². The molecule has 4 aliphatic carbocycles. The number of esters is 1. The summed E-state index contributed by atoms with van der Waals surface area (Å²) in [4.78, 5) is 23.7. The molecule has 4 aliphatic rings. The predicted octanol–water partition coefficient (Wildman–Crippen LogP) is 5.32. The van der Waals surface area contributed by atoms with Gasteiger partial charge in [0.2, 0.25) is 0 Å². The van der Waals surface area contributed by atoms with Gasteiger partial charge in [-0.3, -0.25) is 9.59 Å². The van der Waals surface area contributed by atoms with Crippen LogP contribution in [0.3, 0.4) is 0 Å². The van der Waals surface area contributed by atoms with E-state index < -0.39 is 12.2 Å². The van der Waals surface area contributed by atoms with E-state index in [1.165, 1.54) is 12.5 Å². The minimum Gasteiger partial charge on any atom is -0.458 e. The molecule has 0 aliphatic heterocycles. The molecule has 0 radical (unpaired) electrons. The van der Waals surface area contributed by atoms with Crippen LogP contribution in [0.1, 0.15) is 92.9 Å². The topological polar surface area (TPSA) is 93.1 Å². The van der Waals surface area contributed by atoms with E-state index in [1.807, 2.05) is 13.8 Å². The van der Waals surface area contributed by atoms with Crippen molar-refractivity contribution in [3.05, 3.63) is 23.0 Å². The Bertz CT molecular complexity index is 918. The van der Waals surface area contributed by atoms with Crippen molar-refractivity contribution in [2.45, 2.75) is 111 Å². The van der Waals surface area contributed by atoms with E-state index in [9.17, 15) is 19.8 Å². The van der Waals surface area contributed by atoms with Crippen LogP contribution in [0.25, 0.3) is 0 Å². The van der Waals surface area contributed by atoms with Gasteiger partial charge in [-0.05, 0) is 99.2 Å². The molecule has 0 aromatic carbocycles. The Hall–Kier alpha value is -1.66. The van der Waals surface area contributed by atoms with E-state index in [0.29, 0.717) is 37.4 Å². The van der Waals surface area contributed by atoms with Gasteiger partial charge in [-0.15, -0.1) is 0 Å². The third-order valence-corrected chi connectivity index (χ3v) is 10.7. The zero-order chi connectivity index (χ0) is 26.4. The maximum Gasteiger partial charge on any atom is 0.303 e. The molecule has 0 aromatic rings. The Kier molecular flexibility index (Phi) is 7.79. The summed E-state index contributed by atoms with van der Waals surface area (Å²) in [6.07, 6.45) is 7.25. The maximum atomic E-state index is 12.2. The Morgan fingerprint density at radius 3 is 2.39 bits per heavy atom. The van der Waals surface area contributed by atoms with Gasteiger partial charge in [-0.25, -0.2) is 0 Å². The molecule has 36 heavy (non-hydrogen) atoms. The van der Waals surface area contributed by atoms with Crippen LogP contribution in [0.4, 0.5) is 0 Å². The molecule has 2 N–H and O–H groups in total. The van der Waals surface area contributed by atoms with E-state index in [1.54, 1.807) is 0 Å². The first-order chi connectivity index (χ1) is 16.9. The minimum absolute atomic E-state index is 0.00786. The molecule has 4 fully saturated rings. The molecular weight excluding hydrogens is 456 g/mol. The Morgan fingerprint density at radius 2 is 1.75 bits per heavy atom. The van der Waals surface area contributed by atoms with Gasteiger partial charge in [0, 0.05) is 18.9 Å². The number of carbonyl (C=O) groups excluding carboxylic acids is 2. The number of hydrogen-bond acceptors (Lipinski definition) is 6. The number of aliphatic hydroxyl groups excluding tert-OH is 2. The SMILES string of the molecule is CC(=O)OC1C[C@]2(C)C3CC[C@H]4[C@H](C)[C@H](O)CC[C@]4(C)C3[C@H](O)C[C@H]2/C1=C(/CCC=C(C)C)OC=O. The number of aliphatic hydroxyl groups is 2. The fraction of sp³-hybridized carbons (Fsp3) is 0.800. The number of hydrogen-bond donors (Lipinski definition) is 2. The van der Waals surface area contributed by atoms with Crippen LogP contribution in [-0.2, 0) is 19.1 Å². The van der Waals surface area contributed by atoms with Crippen molar-refractivity contribution < 1.29 is 29.3 Å². The number of carbonyl (C=O) groups is 2. The van der Waals surface area contributed by atoms with Crippen molar-refractivity contribution in [1.82, 2.24) is 0 Å². The van der Waals surface area contributed by atoms with Gasteiger partial charge in [0.25, 0.3) is 6.47 Å². The highest BCUT2D eigenvalue weighted by molar-refractivity contribution is 5.66. The molecule has 4 rings (SSSR count). The van der Waals surface area contributed by atoms with E-state index in [2.05, 4.69) is 26.8 Å². The third kappa shape index (κ3) is 4.57. The Labute approximate surface area is 216 Å². The second-order valence-electron chi connectivity index (χ2n) is 12.9. The summed E-state index contributed by atoms with van der Waals surface area (Å²) in [6, 6.07) is 0. The lowest BCUT2D eigenvalue weighted by molar-refractivity contribution is -0.191. The molecule has 3 unspecified atom stereocenters. The zero-order valence-corrected chi connectivity index (χ0v) is 23.0. The van der Waals surface area contributed by atoms with Crippen molar-refractivity contribution in [3.8, 4) is 0 Å². The van der Waals surface area contributed by atoms with Crippen LogP contribution in [-0.4, -0.2) is 41.0 Å². The van der Waals surface area contributed by atoms with Crippen molar-refractivity contribution in [1.29, 1.82) is 0 Å². The Morgan fingerprint density at radius 1 is 1.06 bits per heavy atom.